The molecule has 1 heterocycles. The normalized spacial score (nSPS) is 19.8. The van der Waals surface area contributed by atoms with E-state index in [2.05, 4.69) is 18.3 Å². The molecule has 1 saturated carbocycles. The van der Waals surface area contributed by atoms with Crippen LogP contribution in [0.15, 0.2) is 48.5 Å². The van der Waals surface area contributed by atoms with E-state index in [1.807, 2.05) is 54.3 Å². The van der Waals surface area contributed by atoms with Crippen molar-refractivity contribution >= 4 is 17.5 Å². The highest BCUT2D eigenvalue weighted by Crippen LogP contribution is 2.50. The zero-order valence-corrected chi connectivity index (χ0v) is 15.3. The van der Waals surface area contributed by atoms with Gasteiger partial charge in [0.15, 0.2) is 0 Å². The molecule has 4 rings (SSSR count). The van der Waals surface area contributed by atoms with Crippen molar-refractivity contribution in [3.05, 3.63) is 65.2 Å². The average molecular weight is 348 g/mol. The van der Waals surface area contributed by atoms with Crippen LogP contribution in [-0.4, -0.2) is 17.9 Å². The molecule has 134 valence electrons. The second-order valence-electron chi connectivity index (χ2n) is 7.61. The summed E-state index contributed by atoms with van der Waals surface area (Å²) in [6, 6.07) is 16.2. The summed E-state index contributed by atoms with van der Waals surface area (Å²) < 4.78 is 0. The molecule has 4 nitrogen and oxygen atoms in total. The number of rotatable bonds is 4. The molecule has 2 amide bonds. The largest absolute Gasteiger partial charge is 0.351 e. The van der Waals surface area contributed by atoms with E-state index in [9.17, 15) is 9.59 Å². The molecule has 1 atom stereocenters. The number of nitrogens with one attached hydrogen (secondary N) is 1. The number of hydrogen-bond acceptors (Lipinski definition) is 2. The molecular weight excluding hydrogens is 324 g/mol. The molecule has 0 radical (unpaired) electrons. The van der Waals surface area contributed by atoms with Gasteiger partial charge in [-0.2, -0.15) is 0 Å². The third-order valence-electron chi connectivity index (χ3n) is 5.59. The molecule has 0 saturated heterocycles. The SMILES string of the molecule is Cc1ccc(CNC(=O)C2(C(=O)N3c4ccccc4CC3C)CC2)cc1. The minimum absolute atomic E-state index is 0.0450. The summed E-state index contributed by atoms with van der Waals surface area (Å²) in [5, 5.41) is 2.98. The van der Waals surface area contributed by atoms with Crippen molar-refractivity contribution < 1.29 is 9.59 Å². The number of anilines is 1. The second-order valence-corrected chi connectivity index (χ2v) is 7.61. The minimum atomic E-state index is -0.879. The van der Waals surface area contributed by atoms with Crippen LogP contribution in [0.4, 0.5) is 5.69 Å². The summed E-state index contributed by atoms with van der Waals surface area (Å²) in [5.41, 5.74) is 3.51. The molecule has 1 N–H and O–H groups in total. The molecule has 0 aromatic heterocycles. The van der Waals surface area contributed by atoms with E-state index in [1.165, 1.54) is 11.1 Å². The highest BCUT2D eigenvalue weighted by molar-refractivity contribution is 6.14. The van der Waals surface area contributed by atoms with Gasteiger partial charge in [-0.25, -0.2) is 0 Å². The number of benzene rings is 2. The zero-order chi connectivity index (χ0) is 18.3. The summed E-state index contributed by atoms with van der Waals surface area (Å²) in [5.74, 6) is -0.184. The summed E-state index contributed by atoms with van der Waals surface area (Å²) >= 11 is 0. The fraction of sp³-hybridized carbons (Fsp3) is 0.364. The highest BCUT2D eigenvalue weighted by atomic mass is 16.2. The molecule has 0 bridgehead atoms. The molecule has 2 aliphatic rings. The predicted molar refractivity (Wildman–Crippen MR) is 102 cm³/mol. The Bertz CT molecular complexity index is 853. The van der Waals surface area contributed by atoms with Crippen LogP contribution in [0.3, 0.4) is 0 Å². The van der Waals surface area contributed by atoms with Gasteiger partial charge < -0.3 is 10.2 Å². The Kier molecular flexibility index (Phi) is 4.06. The van der Waals surface area contributed by atoms with E-state index in [-0.39, 0.29) is 17.9 Å². The van der Waals surface area contributed by atoms with Gasteiger partial charge >= 0.3 is 0 Å². The molecule has 1 fully saturated rings. The number of carbonyl (C=O) groups is 2. The monoisotopic (exact) mass is 348 g/mol. The Hall–Kier alpha value is -2.62. The summed E-state index contributed by atoms with van der Waals surface area (Å²) in [4.78, 5) is 27.9. The first-order valence-electron chi connectivity index (χ1n) is 9.27. The van der Waals surface area contributed by atoms with Gasteiger partial charge in [-0.3, -0.25) is 9.59 Å². The van der Waals surface area contributed by atoms with Crippen LogP contribution in [0.1, 0.15) is 36.5 Å². The number of hydrogen-bond donors (Lipinski definition) is 1. The van der Waals surface area contributed by atoms with E-state index in [0.717, 1.165) is 17.7 Å². The second kappa shape index (κ2) is 6.27. The minimum Gasteiger partial charge on any atom is -0.351 e. The van der Waals surface area contributed by atoms with Crippen molar-refractivity contribution in [2.75, 3.05) is 4.90 Å². The number of aryl methyl sites for hydroxylation is 1. The summed E-state index contributed by atoms with van der Waals surface area (Å²) in [6.07, 6.45) is 2.12. The third-order valence-corrected chi connectivity index (χ3v) is 5.59. The average Bonchev–Trinajstić information content (AvgIpc) is 3.38. The summed E-state index contributed by atoms with van der Waals surface area (Å²) in [7, 11) is 0. The molecule has 0 spiro atoms. The maximum absolute atomic E-state index is 13.3. The van der Waals surface area contributed by atoms with Crippen molar-refractivity contribution in [2.24, 2.45) is 5.41 Å². The van der Waals surface area contributed by atoms with E-state index in [4.69, 9.17) is 0 Å². The van der Waals surface area contributed by atoms with Gasteiger partial charge in [0.1, 0.15) is 5.41 Å². The zero-order valence-electron chi connectivity index (χ0n) is 15.3. The lowest BCUT2D eigenvalue weighted by atomic mass is 10.0. The van der Waals surface area contributed by atoms with Crippen molar-refractivity contribution in [1.29, 1.82) is 0 Å². The van der Waals surface area contributed by atoms with Gasteiger partial charge in [0, 0.05) is 18.3 Å². The van der Waals surface area contributed by atoms with Crippen LogP contribution in [0.25, 0.3) is 0 Å². The molecule has 1 aliphatic carbocycles. The van der Waals surface area contributed by atoms with Crippen LogP contribution in [0.5, 0.6) is 0 Å². The Morgan fingerprint density at radius 3 is 2.50 bits per heavy atom. The van der Waals surface area contributed by atoms with Gasteiger partial charge in [-0.1, -0.05) is 48.0 Å². The van der Waals surface area contributed by atoms with Crippen molar-refractivity contribution in [1.82, 2.24) is 5.32 Å². The van der Waals surface area contributed by atoms with Crippen LogP contribution < -0.4 is 10.2 Å². The quantitative estimate of drug-likeness (QED) is 0.861. The molecule has 26 heavy (non-hydrogen) atoms. The van der Waals surface area contributed by atoms with Gasteiger partial charge in [-0.05, 0) is 50.3 Å². The van der Waals surface area contributed by atoms with E-state index < -0.39 is 5.41 Å². The first-order valence-corrected chi connectivity index (χ1v) is 9.27. The Morgan fingerprint density at radius 2 is 1.81 bits per heavy atom. The molecule has 1 aliphatic heterocycles. The van der Waals surface area contributed by atoms with Crippen LogP contribution >= 0.6 is 0 Å². The van der Waals surface area contributed by atoms with Gasteiger partial charge in [0.05, 0.1) is 0 Å². The highest BCUT2D eigenvalue weighted by Gasteiger charge is 2.59. The topological polar surface area (TPSA) is 49.4 Å². The van der Waals surface area contributed by atoms with Crippen molar-refractivity contribution in [2.45, 2.75) is 45.7 Å². The van der Waals surface area contributed by atoms with Crippen LogP contribution in [0, 0.1) is 12.3 Å². The molecule has 2 aromatic rings. The summed E-state index contributed by atoms with van der Waals surface area (Å²) in [6.45, 7) is 4.55. The standard InChI is InChI=1S/C22H24N2O2/c1-15-7-9-17(10-8-15)14-23-20(25)22(11-12-22)21(26)24-16(2)13-18-5-3-4-6-19(18)24/h3-10,16H,11-14H2,1-2H3,(H,23,25). The lowest BCUT2D eigenvalue weighted by Gasteiger charge is -2.27. The third kappa shape index (κ3) is 2.79. The molecule has 1 unspecified atom stereocenters. The Labute approximate surface area is 154 Å². The molecular formula is C22H24N2O2. The van der Waals surface area contributed by atoms with Crippen molar-refractivity contribution in [3.8, 4) is 0 Å². The fourth-order valence-electron chi connectivity index (χ4n) is 3.83. The number of fused-ring (bicyclic) bond motifs is 1. The van der Waals surface area contributed by atoms with Gasteiger partial charge in [-0.15, -0.1) is 0 Å². The van der Waals surface area contributed by atoms with Gasteiger partial charge in [0.25, 0.3) is 0 Å². The van der Waals surface area contributed by atoms with Gasteiger partial charge in [0.2, 0.25) is 11.8 Å². The number of nitrogens with zero attached hydrogens (tertiary/aromatic N) is 1. The lowest BCUT2D eigenvalue weighted by molar-refractivity contribution is -0.136. The Morgan fingerprint density at radius 1 is 1.12 bits per heavy atom. The van der Waals surface area contributed by atoms with E-state index in [1.54, 1.807) is 0 Å². The number of carbonyl (C=O) groups excluding carboxylic acids is 2. The molecule has 2 aromatic carbocycles. The van der Waals surface area contributed by atoms with Crippen LogP contribution in [0.2, 0.25) is 0 Å². The smallest absolute Gasteiger partial charge is 0.242 e. The van der Waals surface area contributed by atoms with Crippen molar-refractivity contribution in [3.63, 3.8) is 0 Å². The maximum atomic E-state index is 13.3. The Balaban J connectivity index is 1.49. The van der Waals surface area contributed by atoms with Crippen LogP contribution in [-0.2, 0) is 22.6 Å². The first-order chi connectivity index (χ1) is 12.5. The first kappa shape index (κ1) is 16.8. The maximum Gasteiger partial charge on any atom is 0.242 e. The number of para-hydroxylation sites is 1. The van der Waals surface area contributed by atoms with E-state index >= 15 is 0 Å². The number of amides is 2. The molecule has 4 heteroatoms. The fourth-order valence-corrected chi connectivity index (χ4v) is 3.83. The lowest BCUT2D eigenvalue weighted by Crippen LogP contribution is -2.47. The van der Waals surface area contributed by atoms with E-state index in [0.29, 0.717) is 19.4 Å². The predicted octanol–water partition coefficient (Wildman–Crippen LogP) is 3.37.